The van der Waals surface area contributed by atoms with E-state index in [4.69, 9.17) is 43.6 Å². The zero-order valence-electron chi connectivity index (χ0n) is 22.3. The molecule has 0 aliphatic carbocycles. The minimum atomic E-state index is -1.67. The molecule has 0 unspecified atom stereocenters. The van der Waals surface area contributed by atoms with Crippen molar-refractivity contribution in [2.45, 2.75) is 47.1 Å². The van der Waals surface area contributed by atoms with E-state index >= 15 is 0 Å². The van der Waals surface area contributed by atoms with Gasteiger partial charge >= 0.3 is 18.9 Å². The summed E-state index contributed by atoms with van der Waals surface area (Å²) < 4.78 is 33.8. The van der Waals surface area contributed by atoms with Gasteiger partial charge in [-0.05, 0) is 65.0 Å². The van der Waals surface area contributed by atoms with Crippen LogP contribution in [0.1, 0.15) is 44.1 Å². The molecule has 3 radical (unpaired) electrons. The van der Waals surface area contributed by atoms with Gasteiger partial charge in [0.2, 0.25) is 9.23 Å². The number of rotatable bonds is 5. The summed E-state index contributed by atoms with van der Waals surface area (Å²) in [6.45, 7) is 11.3. The van der Waals surface area contributed by atoms with Gasteiger partial charge in [-0.3, -0.25) is 0 Å². The van der Waals surface area contributed by atoms with Crippen LogP contribution in [0.15, 0.2) is 49.6 Å². The summed E-state index contributed by atoms with van der Waals surface area (Å²) in [7, 11) is 8.94. The average molecular weight is 567 g/mol. The Labute approximate surface area is 240 Å². The van der Waals surface area contributed by atoms with Crippen LogP contribution in [0.5, 0.6) is 5.95 Å². The smallest absolute Gasteiger partial charge is 1.00 e. The second-order valence-corrected chi connectivity index (χ2v) is 8.64. The summed E-state index contributed by atoms with van der Waals surface area (Å²) in [5, 5.41) is 8.46. The SMILES string of the molecule is CCOCC.COc1ccc(C)o1.Cc1ccc(CCl)o1.Cc1ccc(CO)o1.O=S(Cl)Cl.[B].[H-].[Li+]. The minimum Gasteiger partial charge on any atom is -1.00 e. The predicted octanol–water partition coefficient (Wildman–Crippen LogP) is 3.82. The number of alkyl halides is 1. The summed E-state index contributed by atoms with van der Waals surface area (Å²) >= 11 is 5.45. The second kappa shape index (κ2) is 27.8. The molecule has 0 amide bonds. The number of hydrogen-bond acceptors (Lipinski definition) is 7. The first kappa shape index (κ1) is 41.4. The first-order valence-electron chi connectivity index (χ1n) is 9.83. The van der Waals surface area contributed by atoms with Gasteiger partial charge in [0.15, 0.2) is 0 Å². The van der Waals surface area contributed by atoms with E-state index in [1.165, 1.54) is 0 Å². The van der Waals surface area contributed by atoms with Gasteiger partial charge in [-0.1, -0.05) is 0 Å². The number of halogens is 3. The van der Waals surface area contributed by atoms with Crippen LogP contribution in [0.3, 0.4) is 0 Å². The van der Waals surface area contributed by atoms with Crippen LogP contribution in [0, 0.1) is 20.8 Å². The fourth-order valence-corrected chi connectivity index (χ4v) is 2.00. The number of aliphatic hydroxyl groups excluding tert-OH is 1. The van der Waals surface area contributed by atoms with Gasteiger partial charge in [0.05, 0.1) is 13.0 Å². The Bertz CT molecular complexity index is 764. The predicted molar refractivity (Wildman–Crippen MR) is 141 cm³/mol. The molecule has 3 rings (SSSR count). The topological polar surface area (TPSA) is 95.2 Å². The molecule has 13 heteroatoms. The molecule has 7 nitrogen and oxygen atoms in total. The molecule has 0 bridgehead atoms. The van der Waals surface area contributed by atoms with E-state index in [2.05, 4.69) is 21.4 Å². The number of aliphatic hydroxyl groups is 1. The summed E-state index contributed by atoms with van der Waals surface area (Å²) in [4.78, 5) is 0. The number of furan rings is 3. The third-order valence-corrected chi connectivity index (χ3v) is 3.47. The fourth-order valence-electron chi connectivity index (χ4n) is 1.85. The molecule has 3 heterocycles. The molecule has 3 aromatic heterocycles. The van der Waals surface area contributed by atoms with Crippen LogP contribution in [0.2, 0.25) is 0 Å². The molecule has 0 aromatic carbocycles. The van der Waals surface area contributed by atoms with Gasteiger partial charge in [-0.15, -0.1) is 11.6 Å². The molecule has 0 saturated heterocycles. The number of aryl methyl sites for hydroxylation is 3. The van der Waals surface area contributed by atoms with E-state index < -0.39 is 9.23 Å². The van der Waals surface area contributed by atoms with E-state index in [0.717, 1.165) is 36.3 Å². The zero-order chi connectivity index (χ0) is 25.6. The first-order chi connectivity index (χ1) is 15.6. The van der Waals surface area contributed by atoms with Gasteiger partial charge in [0.1, 0.15) is 35.4 Å². The van der Waals surface area contributed by atoms with Gasteiger partial charge in [0.25, 0.3) is 5.95 Å². The third-order valence-electron chi connectivity index (χ3n) is 3.20. The van der Waals surface area contributed by atoms with E-state index in [0.29, 0.717) is 17.6 Å². The van der Waals surface area contributed by atoms with Crippen molar-refractivity contribution in [3.05, 3.63) is 65.2 Å². The van der Waals surface area contributed by atoms with Crippen LogP contribution < -0.4 is 23.6 Å². The van der Waals surface area contributed by atoms with E-state index in [9.17, 15) is 0 Å². The first-order valence-corrected chi connectivity index (χ1v) is 13.2. The largest absolute Gasteiger partial charge is 1.00 e. The standard InChI is InChI=1S/C6H7ClO.2C6H8O2.C4H10O.B.Cl2OS.Li.H/c1-5-2-3-6(4-7)8-5;1-5-3-4-6(7-2)8-5;1-5-2-3-6(4-7)8-5;1-3-5-4-2;;1-4(2)3;;/h2-3H,4H2,1H3;3-4H,1-2H3;2-3,7H,4H2,1H3;3-4H2,1-2H3;;;;/q;;;;;;+1;-1. The van der Waals surface area contributed by atoms with E-state index in [1.807, 2.05) is 58.9 Å². The number of ether oxygens (including phenoxy) is 2. The zero-order valence-corrected chi connectivity index (χ0v) is 24.4. The minimum absolute atomic E-state index is 0. The Balaban J connectivity index is -0.000000112. The molecule has 1 N–H and O–H groups in total. The molecule has 0 fully saturated rings. The Kier molecular flexibility index (Phi) is 32.9. The Morgan fingerprint density at radius 3 is 1.43 bits per heavy atom. The summed E-state index contributed by atoms with van der Waals surface area (Å²) in [5.41, 5.74) is 0. The van der Waals surface area contributed by atoms with Crippen molar-refractivity contribution >= 4 is 50.6 Å². The molecule has 0 aliphatic heterocycles. The Morgan fingerprint density at radius 2 is 1.29 bits per heavy atom. The van der Waals surface area contributed by atoms with Gasteiger partial charge in [0, 0.05) is 49.1 Å². The summed E-state index contributed by atoms with van der Waals surface area (Å²) in [6.07, 6.45) is 0. The fraction of sp³-hybridized carbons (Fsp3) is 0.455. The maximum atomic E-state index is 9.09. The van der Waals surface area contributed by atoms with Crippen LogP contribution in [0.25, 0.3) is 0 Å². The van der Waals surface area contributed by atoms with Crippen molar-refractivity contribution in [3.63, 3.8) is 0 Å². The van der Waals surface area contributed by atoms with Crippen LogP contribution in [0.4, 0.5) is 0 Å². The van der Waals surface area contributed by atoms with Crippen LogP contribution >= 0.6 is 33.0 Å². The molecule has 0 aliphatic rings. The molecule has 35 heavy (non-hydrogen) atoms. The molecule has 0 spiro atoms. The van der Waals surface area contributed by atoms with Crippen molar-refractivity contribution in [3.8, 4) is 5.95 Å². The molecular weight excluding hydrogens is 532 g/mol. The summed E-state index contributed by atoms with van der Waals surface area (Å²) in [5.74, 6) is 5.14. The monoisotopic (exact) mass is 565 g/mol. The Morgan fingerprint density at radius 1 is 0.886 bits per heavy atom. The normalized spacial score (nSPS) is 8.77. The molecule has 195 valence electrons. The van der Waals surface area contributed by atoms with E-state index in [1.54, 1.807) is 19.2 Å². The van der Waals surface area contributed by atoms with E-state index in [-0.39, 0.29) is 35.3 Å². The van der Waals surface area contributed by atoms with Crippen molar-refractivity contribution < 1.29 is 52.3 Å². The molecule has 0 saturated carbocycles. The van der Waals surface area contributed by atoms with Crippen molar-refractivity contribution in [1.29, 1.82) is 0 Å². The molecular formula is C22H34BCl3LiO7S. The summed E-state index contributed by atoms with van der Waals surface area (Å²) in [6, 6.07) is 11.0. The third kappa shape index (κ3) is 27.7. The van der Waals surface area contributed by atoms with Crippen molar-refractivity contribution in [2.24, 2.45) is 0 Å². The van der Waals surface area contributed by atoms with Crippen molar-refractivity contribution in [2.75, 3.05) is 20.3 Å². The molecule has 3 aromatic rings. The Hall–Kier alpha value is -0.758. The quantitative estimate of drug-likeness (QED) is 0.285. The van der Waals surface area contributed by atoms with Gasteiger partial charge in [-0.2, -0.15) is 0 Å². The average Bonchev–Trinajstić information content (AvgIpc) is 3.50. The second-order valence-electron chi connectivity index (χ2n) is 5.85. The maximum absolute atomic E-state index is 9.09. The van der Waals surface area contributed by atoms with Crippen LogP contribution in [-0.4, -0.2) is 38.1 Å². The van der Waals surface area contributed by atoms with Gasteiger partial charge < -0.3 is 29.3 Å². The van der Waals surface area contributed by atoms with Crippen LogP contribution in [-0.2, 0) is 26.5 Å². The maximum Gasteiger partial charge on any atom is 1.00 e. The van der Waals surface area contributed by atoms with Gasteiger partial charge in [-0.25, -0.2) is 4.21 Å². The van der Waals surface area contributed by atoms with Crippen molar-refractivity contribution in [1.82, 2.24) is 0 Å². The number of methoxy groups -OCH3 is 1. The molecule has 0 atom stereocenters. The number of hydrogen-bond donors (Lipinski definition) is 1.